The van der Waals surface area contributed by atoms with Crippen LogP contribution >= 0.6 is 12.4 Å². The molecule has 1 aromatic carbocycles. The van der Waals surface area contributed by atoms with E-state index in [1.807, 2.05) is 13.0 Å². The van der Waals surface area contributed by atoms with Crippen molar-refractivity contribution in [3.05, 3.63) is 29.5 Å². The van der Waals surface area contributed by atoms with Crippen LogP contribution in [0.3, 0.4) is 0 Å². The summed E-state index contributed by atoms with van der Waals surface area (Å²) in [6.07, 6.45) is -2.82. The molecule has 1 atom stereocenters. The molecule has 0 bridgehead atoms. The summed E-state index contributed by atoms with van der Waals surface area (Å²) >= 11 is 0. The Hall–Kier alpha value is -1.84. The van der Waals surface area contributed by atoms with Gasteiger partial charge in [-0.2, -0.15) is 18.3 Å². The summed E-state index contributed by atoms with van der Waals surface area (Å²) in [5.74, 6) is -0.540. The van der Waals surface area contributed by atoms with Gasteiger partial charge in [-0.25, -0.2) is 0 Å². The molecule has 1 unspecified atom stereocenters. The first-order valence-electron chi connectivity index (χ1n) is 8.09. The quantitative estimate of drug-likeness (QED) is 0.744. The molecule has 0 spiro atoms. The van der Waals surface area contributed by atoms with Gasteiger partial charge >= 0.3 is 6.18 Å². The first-order valence-corrected chi connectivity index (χ1v) is 8.09. The highest BCUT2D eigenvalue weighted by Crippen LogP contribution is 2.25. The molecule has 1 amide bonds. The molecule has 1 aromatic heterocycles. The third-order valence-corrected chi connectivity index (χ3v) is 4.36. The molecule has 0 radical (unpaired) electrons. The van der Waals surface area contributed by atoms with E-state index in [4.69, 9.17) is 0 Å². The van der Waals surface area contributed by atoms with Crippen LogP contribution in [0.4, 0.5) is 13.2 Å². The number of nitrogens with zero attached hydrogens (tertiary/aromatic N) is 2. The van der Waals surface area contributed by atoms with Gasteiger partial charge in [0, 0.05) is 38.1 Å². The van der Waals surface area contributed by atoms with Crippen molar-refractivity contribution in [3.8, 4) is 0 Å². The van der Waals surface area contributed by atoms with Crippen LogP contribution in [0.15, 0.2) is 18.3 Å². The first-order chi connectivity index (χ1) is 11.9. The summed E-state index contributed by atoms with van der Waals surface area (Å²) in [5, 5.41) is 12.8. The second-order valence-electron chi connectivity index (χ2n) is 6.20. The number of carbonyl (C=O) groups is 1. The third kappa shape index (κ3) is 4.46. The largest absolute Gasteiger partial charge is 0.405 e. The molecule has 144 valence electrons. The van der Waals surface area contributed by atoms with Gasteiger partial charge in [-0.1, -0.05) is 0 Å². The fourth-order valence-corrected chi connectivity index (χ4v) is 3.12. The lowest BCUT2D eigenvalue weighted by atomic mass is 10.1. The van der Waals surface area contributed by atoms with Crippen LogP contribution < -0.4 is 10.6 Å². The van der Waals surface area contributed by atoms with Gasteiger partial charge in [-0.3, -0.25) is 14.8 Å². The molecular formula is C16H21ClF3N5O. The van der Waals surface area contributed by atoms with Crippen molar-refractivity contribution in [2.75, 3.05) is 32.7 Å². The molecule has 10 heteroatoms. The number of carbonyl (C=O) groups excluding carboxylic acids is 1. The molecule has 26 heavy (non-hydrogen) atoms. The predicted octanol–water partition coefficient (Wildman–Crippen LogP) is 1.86. The topological polar surface area (TPSA) is 73.1 Å². The fourth-order valence-electron chi connectivity index (χ4n) is 3.12. The van der Waals surface area contributed by atoms with Gasteiger partial charge in [0.25, 0.3) is 5.91 Å². The highest BCUT2D eigenvalue weighted by atomic mass is 35.5. The maximum Gasteiger partial charge on any atom is 0.405 e. The summed E-state index contributed by atoms with van der Waals surface area (Å²) in [6, 6.07) is 1.80. The van der Waals surface area contributed by atoms with Crippen molar-refractivity contribution >= 4 is 29.2 Å². The average molecular weight is 392 g/mol. The molecule has 6 nitrogen and oxygen atoms in total. The van der Waals surface area contributed by atoms with E-state index in [1.54, 1.807) is 12.3 Å². The number of aromatic nitrogens is 2. The van der Waals surface area contributed by atoms with Gasteiger partial charge in [0.05, 0.1) is 17.3 Å². The summed E-state index contributed by atoms with van der Waals surface area (Å²) in [4.78, 5) is 13.8. The van der Waals surface area contributed by atoms with E-state index in [-0.39, 0.29) is 12.4 Å². The molecule has 1 saturated heterocycles. The number of H-pyrrole nitrogens is 1. The molecule has 0 aliphatic carbocycles. The van der Waals surface area contributed by atoms with Gasteiger partial charge in [0.2, 0.25) is 0 Å². The van der Waals surface area contributed by atoms with Crippen molar-refractivity contribution in [3.63, 3.8) is 0 Å². The summed E-state index contributed by atoms with van der Waals surface area (Å²) < 4.78 is 40.2. The van der Waals surface area contributed by atoms with E-state index < -0.39 is 24.7 Å². The van der Waals surface area contributed by atoms with E-state index in [0.29, 0.717) is 37.3 Å². The smallest absolute Gasteiger partial charge is 0.350 e. The van der Waals surface area contributed by atoms with Crippen molar-refractivity contribution in [2.24, 2.45) is 0 Å². The van der Waals surface area contributed by atoms with E-state index in [2.05, 4.69) is 20.8 Å². The van der Waals surface area contributed by atoms with Crippen molar-refractivity contribution in [1.29, 1.82) is 0 Å². The zero-order valence-electron chi connectivity index (χ0n) is 14.2. The van der Waals surface area contributed by atoms with Crippen LogP contribution in [0.5, 0.6) is 0 Å². The number of aromatic amines is 1. The number of fused-ring (bicyclic) bond motifs is 1. The summed E-state index contributed by atoms with van der Waals surface area (Å²) in [7, 11) is 0. The number of nitrogens with one attached hydrogen (secondary N) is 3. The Morgan fingerprint density at radius 1 is 1.35 bits per heavy atom. The van der Waals surface area contributed by atoms with E-state index in [1.165, 1.54) is 4.90 Å². The highest BCUT2D eigenvalue weighted by Gasteiger charge is 2.43. The fraction of sp³-hybridized carbons (Fsp3) is 0.500. The Morgan fingerprint density at radius 3 is 2.69 bits per heavy atom. The number of piperazine rings is 1. The van der Waals surface area contributed by atoms with E-state index >= 15 is 0 Å². The van der Waals surface area contributed by atoms with Gasteiger partial charge < -0.3 is 10.6 Å². The third-order valence-electron chi connectivity index (χ3n) is 4.36. The number of hydrogen-bond donors (Lipinski definition) is 3. The number of aryl methyl sites for hydroxylation is 1. The zero-order chi connectivity index (χ0) is 18.0. The molecular weight excluding hydrogens is 371 g/mol. The van der Waals surface area contributed by atoms with Crippen LogP contribution in [0.1, 0.15) is 15.9 Å². The van der Waals surface area contributed by atoms with E-state index in [0.717, 1.165) is 10.9 Å². The second kappa shape index (κ2) is 8.24. The lowest BCUT2D eigenvalue weighted by Crippen LogP contribution is -2.57. The van der Waals surface area contributed by atoms with Crippen molar-refractivity contribution in [2.45, 2.75) is 19.1 Å². The Bertz CT molecular complexity index is 758. The second-order valence-corrected chi connectivity index (χ2v) is 6.20. The monoisotopic (exact) mass is 391 g/mol. The number of rotatable bonds is 4. The lowest BCUT2D eigenvalue weighted by molar-refractivity contribution is -0.183. The molecule has 2 aromatic rings. The number of benzene rings is 1. The number of hydrogen-bond acceptors (Lipinski definition) is 4. The van der Waals surface area contributed by atoms with E-state index in [9.17, 15) is 18.0 Å². The van der Waals surface area contributed by atoms with Gasteiger partial charge in [0.15, 0.2) is 0 Å². The maximum atomic E-state index is 13.4. The predicted molar refractivity (Wildman–Crippen MR) is 94.7 cm³/mol. The number of halogens is 4. The zero-order valence-corrected chi connectivity index (χ0v) is 15.0. The molecule has 1 aliphatic heterocycles. The average Bonchev–Trinajstić information content (AvgIpc) is 3.02. The number of alkyl halides is 3. The lowest BCUT2D eigenvalue weighted by Gasteiger charge is -2.35. The van der Waals surface area contributed by atoms with Gasteiger partial charge in [-0.15, -0.1) is 12.4 Å². The van der Waals surface area contributed by atoms with Gasteiger partial charge in [0.1, 0.15) is 6.04 Å². The molecule has 2 heterocycles. The Kier molecular flexibility index (Phi) is 6.48. The Labute approximate surface area is 154 Å². The van der Waals surface area contributed by atoms with Crippen molar-refractivity contribution < 1.29 is 18.0 Å². The molecule has 1 fully saturated rings. The normalized spacial score (nSPS) is 16.9. The minimum Gasteiger partial charge on any atom is -0.350 e. The molecule has 3 N–H and O–H groups in total. The standard InChI is InChI=1S/C16H20F3N5O.ClH/c1-10-6-11-8-22-23-14(11)12(7-10)15(25)21-9-13(16(17,18)19)24-4-2-20-3-5-24;/h6-8,13,20H,2-5,9H2,1H3,(H,21,25)(H,22,23);1H. The minimum absolute atomic E-state index is 0. The molecule has 0 saturated carbocycles. The van der Waals surface area contributed by atoms with Gasteiger partial charge in [-0.05, 0) is 24.6 Å². The number of amides is 1. The first kappa shape index (κ1) is 20.5. The summed E-state index contributed by atoms with van der Waals surface area (Å²) in [5.41, 5.74) is 1.66. The molecule has 3 rings (SSSR count). The summed E-state index contributed by atoms with van der Waals surface area (Å²) in [6.45, 7) is 2.96. The Morgan fingerprint density at radius 2 is 2.04 bits per heavy atom. The van der Waals surface area contributed by atoms with Crippen LogP contribution in [0, 0.1) is 6.92 Å². The van der Waals surface area contributed by atoms with Crippen LogP contribution in [0.2, 0.25) is 0 Å². The van der Waals surface area contributed by atoms with Crippen LogP contribution in [-0.2, 0) is 0 Å². The van der Waals surface area contributed by atoms with Crippen LogP contribution in [-0.4, -0.2) is 65.9 Å². The minimum atomic E-state index is -4.40. The van der Waals surface area contributed by atoms with Crippen molar-refractivity contribution in [1.82, 2.24) is 25.7 Å². The SMILES string of the molecule is Cc1cc(C(=O)NCC(N2CCNCC2)C(F)(F)F)c2[nH]ncc2c1.Cl. The highest BCUT2D eigenvalue weighted by molar-refractivity contribution is 6.05. The van der Waals surface area contributed by atoms with Crippen LogP contribution in [0.25, 0.3) is 10.9 Å². The molecule has 1 aliphatic rings. The maximum absolute atomic E-state index is 13.4. The Balaban J connectivity index is 0.00000243.